The van der Waals surface area contributed by atoms with E-state index in [1.807, 2.05) is 0 Å². The molecule has 1 unspecified atom stereocenters. The monoisotopic (exact) mass is 321 g/mol. The van der Waals surface area contributed by atoms with E-state index in [9.17, 15) is 9.18 Å². The second-order valence-electron chi connectivity index (χ2n) is 3.53. The zero-order valence-corrected chi connectivity index (χ0v) is 11.5. The first-order valence-electron chi connectivity index (χ1n) is 4.99. The van der Waals surface area contributed by atoms with E-state index in [1.54, 1.807) is 0 Å². The molecule has 0 heterocycles. The summed E-state index contributed by atoms with van der Waals surface area (Å²) >= 11 is 3.04. The summed E-state index contributed by atoms with van der Waals surface area (Å²) < 4.78 is 23.8. The van der Waals surface area contributed by atoms with Crippen LogP contribution in [0, 0.1) is 5.82 Å². The standard InChI is InChI=1S/C11H13BrFNO4/c1-17-7-3-5(13)10(12)9(11(7)18-2)6(14)4-8(15)16/h3,6H,4,14H2,1-2H3,(H,15,16). The number of carbonyl (C=O) groups is 1. The average molecular weight is 322 g/mol. The molecular weight excluding hydrogens is 309 g/mol. The number of methoxy groups -OCH3 is 2. The average Bonchev–Trinajstić information content (AvgIpc) is 2.30. The van der Waals surface area contributed by atoms with Crippen LogP contribution in [0.15, 0.2) is 10.5 Å². The van der Waals surface area contributed by atoms with Crippen molar-refractivity contribution in [3.63, 3.8) is 0 Å². The van der Waals surface area contributed by atoms with Crippen molar-refractivity contribution in [1.82, 2.24) is 0 Å². The normalized spacial score (nSPS) is 12.1. The maximum absolute atomic E-state index is 13.7. The van der Waals surface area contributed by atoms with Crippen LogP contribution >= 0.6 is 15.9 Å². The van der Waals surface area contributed by atoms with Crippen molar-refractivity contribution in [2.45, 2.75) is 12.5 Å². The zero-order chi connectivity index (χ0) is 13.9. The topological polar surface area (TPSA) is 81.8 Å². The summed E-state index contributed by atoms with van der Waals surface area (Å²) in [6.07, 6.45) is -0.346. The largest absolute Gasteiger partial charge is 0.493 e. The highest BCUT2D eigenvalue weighted by Crippen LogP contribution is 2.41. The number of benzene rings is 1. The highest BCUT2D eigenvalue weighted by molar-refractivity contribution is 9.10. The molecule has 0 saturated carbocycles. The molecule has 1 aromatic carbocycles. The van der Waals surface area contributed by atoms with Crippen LogP contribution < -0.4 is 15.2 Å². The van der Waals surface area contributed by atoms with Gasteiger partial charge in [0.25, 0.3) is 0 Å². The summed E-state index contributed by atoms with van der Waals surface area (Å²) in [7, 11) is 2.73. The van der Waals surface area contributed by atoms with Crippen LogP contribution in [0.2, 0.25) is 0 Å². The fourth-order valence-electron chi connectivity index (χ4n) is 1.59. The molecule has 0 radical (unpaired) electrons. The van der Waals surface area contributed by atoms with Crippen LogP contribution in [-0.4, -0.2) is 25.3 Å². The van der Waals surface area contributed by atoms with Crippen LogP contribution in [0.5, 0.6) is 11.5 Å². The van der Waals surface area contributed by atoms with Crippen LogP contribution in [0.3, 0.4) is 0 Å². The number of hydrogen-bond donors (Lipinski definition) is 2. The van der Waals surface area contributed by atoms with Gasteiger partial charge in [-0.15, -0.1) is 0 Å². The predicted octanol–water partition coefficient (Wildman–Crippen LogP) is 2.08. The summed E-state index contributed by atoms with van der Waals surface area (Å²) in [5.41, 5.74) is 5.99. The van der Waals surface area contributed by atoms with E-state index in [4.69, 9.17) is 20.3 Å². The molecule has 0 fully saturated rings. The lowest BCUT2D eigenvalue weighted by atomic mass is 10.0. The van der Waals surface area contributed by atoms with Crippen molar-refractivity contribution in [3.05, 3.63) is 21.9 Å². The lowest BCUT2D eigenvalue weighted by Gasteiger charge is -2.19. The third-order valence-electron chi connectivity index (χ3n) is 2.36. The van der Waals surface area contributed by atoms with Crippen molar-refractivity contribution in [2.75, 3.05) is 14.2 Å². The Kier molecular flexibility index (Phi) is 4.92. The SMILES string of the molecule is COc1cc(F)c(Br)c(C(N)CC(=O)O)c1OC. The van der Waals surface area contributed by atoms with Crippen LogP contribution in [0.25, 0.3) is 0 Å². The van der Waals surface area contributed by atoms with Crippen molar-refractivity contribution >= 4 is 21.9 Å². The number of carboxylic acids is 1. The number of ether oxygens (including phenoxy) is 2. The van der Waals surface area contributed by atoms with Gasteiger partial charge >= 0.3 is 5.97 Å². The van der Waals surface area contributed by atoms with Gasteiger partial charge in [0.05, 0.1) is 25.1 Å². The molecule has 3 N–H and O–H groups in total. The number of nitrogens with two attached hydrogens (primary N) is 1. The molecule has 0 saturated heterocycles. The number of carboxylic acid groups (broad SMARTS) is 1. The Morgan fingerprint density at radius 3 is 2.61 bits per heavy atom. The van der Waals surface area contributed by atoms with Crippen LogP contribution in [0.4, 0.5) is 4.39 Å². The Labute approximate surface area is 112 Å². The number of aliphatic carboxylic acids is 1. The molecule has 0 bridgehead atoms. The smallest absolute Gasteiger partial charge is 0.305 e. The highest BCUT2D eigenvalue weighted by atomic mass is 79.9. The molecule has 100 valence electrons. The first-order valence-corrected chi connectivity index (χ1v) is 5.78. The second kappa shape index (κ2) is 6.01. The first kappa shape index (κ1) is 14.7. The molecule has 0 aromatic heterocycles. The third-order valence-corrected chi connectivity index (χ3v) is 3.17. The van der Waals surface area contributed by atoms with Gasteiger partial charge in [-0.3, -0.25) is 4.79 Å². The lowest BCUT2D eigenvalue weighted by Crippen LogP contribution is -2.17. The van der Waals surface area contributed by atoms with Crippen molar-refractivity contribution in [2.24, 2.45) is 5.73 Å². The summed E-state index contributed by atoms with van der Waals surface area (Å²) in [5.74, 6) is -1.29. The van der Waals surface area contributed by atoms with E-state index >= 15 is 0 Å². The van der Waals surface area contributed by atoms with E-state index in [0.717, 1.165) is 6.07 Å². The molecule has 0 amide bonds. The maximum atomic E-state index is 13.7. The van der Waals surface area contributed by atoms with Gasteiger partial charge in [-0.05, 0) is 15.9 Å². The molecular formula is C11H13BrFNO4. The van der Waals surface area contributed by atoms with Crippen LogP contribution in [-0.2, 0) is 4.79 Å². The summed E-state index contributed by atoms with van der Waals surface area (Å²) in [5, 5.41) is 8.73. The Balaban J connectivity index is 3.38. The quantitative estimate of drug-likeness (QED) is 0.867. The number of halogens is 2. The Morgan fingerprint density at radius 1 is 1.56 bits per heavy atom. The number of hydrogen-bond acceptors (Lipinski definition) is 4. The van der Waals surface area contributed by atoms with Crippen LogP contribution in [0.1, 0.15) is 18.0 Å². The van der Waals surface area contributed by atoms with Gasteiger partial charge < -0.3 is 20.3 Å². The minimum Gasteiger partial charge on any atom is -0.493 e. The van der Waals surface area contributed by atoms with Gasteiger partial charge in [0.2, 0.25) is 0 Å². The fraction of sp³-hybridized carbons (Fsp3) is 0.364. The van der Waals surface area contributed by atoms with Crippen molar-refractivity contribution in [3.8, 4) is 11.5 Å². The van der Waals surface area contributed by atoms with Gasteiger partial charge in [0, 0.05) is 17.7 Å². The molecule has 18 heavy (non-hydrogen) atoms. The molecule has 0 aliphatic heterocycles. The van der Waals surface area contributed by atoms with Gasteiger partial charge in [0.15, 0.2) is 11.5 Å². The fourth-order valence-corrected chi connectivity index (χ4v) is 2.18. The van der Waals surface area contributed by atoms with Crippen molar-refractivity contribution < 1.29 is 23.8 Å². The van der Waals surface area contributed by atoms with Gasteiger partial charge in [-0.25, -0.2) is 4.39 Å². The zero-order valence-electron chi connectivity index (χ0n) is 9.87. The summed E-state index contributed by atoms with van der Waals surface area (Å²) in [4.78, 5) is 10.7. The van der Waals surface area contributed by atoms with Crippen molar-refractivity contribution in [1.29, 1.82) is 0 Å². The predicted molar refractivity (Wildman–Crippen MR) is 66.4 cm³/mol. The molecule has 1 atom stereocenters. The minimum atomic E-state index is -1.08. The van der Waals surface area contributed by atoms with Gasteiger partial charge in [0.1, 0.15) is 5.82 Å². The van der Waals surface area contributed by atoms with E-state index in [-0.39, 0.29) is 28.0 Å². The van der Waals surface area contributed by atoms with Gasteiger partial charge in [-0.2, -0.15) is 0 Å². The summed E-state index contributed by atoms with van der Waals surface area (Å²) in [6, 6.07) is 0.233. The van der Waals surface area contributed by atoms with E-state index < -0.39 is 17.8 Å². The molecule has 0 aliphatic rings. The lowest BCUT2D eigenvalue weighted by molar-refractivity contribution is -0.137. The summed E-state index contributed by atoms with van der Waals surface area (Å²) in [6.45, 7) is 0. The van der Waals surface area contributed by atoms with Gasteiger partial charge in [-0.1, -0.05) is 0 Å². The molecule has 5 nitrogen and oxygen atoms in total. The minimum absolute atomic E-state index is 0.0777. The molecule has 0 aliphatic carbocycles. The highest BCUT2D eigenvalue weighted by Gasteiger charge is 2.24. The second-order valence-corrected chi connectivity index (χ2v) is 4.32. The molecule has 0 spiro atoms. The maximum Gasteiger partial charge on any atom is 0.305 e. The Hall–Kier alpha value is -1.34. The number of rotatable bonds is 5. The van der Waals surface area contributed by atoms with E-state index in [1.165, 1.54) is 14.2 Å². The Bertz CT molecular complexity index is 467. The molecule has 1 rings (SSSR count). The van der Waals surface area contributed by atoms with E-state index in [2.05, 4.69) is 15.9 Å². The third kappa shape index (κ3) is 2.91. The Morgan fingerprint density at radius 2 is 2.17 bits per heavy atom. The van der Waals surface area contributed by atoms with E-state index in [0.29, 0.717) is 0 Å². The first-order chi connectivity index (χ1) is 8.42. The molecule has 1 aromatic rings. The molecule has 7 heteroatoms.